The second-order valence-corrected chi connectivity index (χ2v) is 8.48. The third-order valence-corrected chi connectivity index (χ3v) is 6.62. The van der Waals surface area contributed by atoms with Crippen molar-refractivity contribution in [2.45, 2.75) is 36.7 Å². The van der Waals surface area contributed by atoms with Gasteiger partial charge < -0.3 is 15.5 Å². The molecule has 0 unspecified atom stereocenters. The molecule has 0 aliphatic carbocycles. The Kier molecular flexibility index (Phi) is 5.87. The summed E-state index contributed by atoms with van der Waals surface area (Å²) in [6.45, 7) is 3.94. The van der Waals surface area contributed by atoms with Crippen LogP contribution in [0.3, 0.4) is 0 Å². The van der Waals surface area contributed by atoms with Crippen molar-refractivity contribution in [2.24, 2.45) is 0 Å². The molecule has 1 amide bonds. The highest BCUT2D eigenvalue weighted by Gasteiger charge is 2.37. The number of ether oxygens (including phenoxy) is 1. The zero-order valence-electron chi connectivity index (χ0n) is 16.8. The lowest BCUT2D eigenvalue weighted by molar-refractivity contribution is -0.116. The molecule has 2 heterocycles. The number of aromatic nitrogens is 3. The van der Waals surface area contributed by atoms with Gasteiger partial charge in [0, 0.05) is 17.1 Å². The molecule has 4 rings (SSSR count). The van der Waals surface area contributed by atoms with Crippen LogP contribution < -0.4 is 15.5 Å². The number of benzene rings is 2. The van der Waals surface area contributed by atoms with Gasteiger partial charge in [0.25, 0.3) is 0 Å². The van der Waals surface area contributed by atoms with Crippen LogP contribution in [0.5, 0.6) is 5.75 Å². The van der Waals surface area contributed by atoms with Gasteiger partial charge in [-0.2, -0.15) is 0 Å². The van der Waals surface area contributed by atoms with Gasteiger partial charge in [-0.1, -0.05) is 48.5 Å². The summed E-state index contributed by atoms with van der Waals surface area (Å²) in [6, 6.07) is 12.9. The van der Waals surface area contributed by atoms with Gasteiger partial charge in [-0.15, -0.1) is 10.2 Å². The Labute approximate surface area is 184 Å². The molecule has 0 fully saturated rings. The van der Waals surface area contributed by atoms with Crippen LogP contribution in [0.15, 0.2) is 47.6 Å². The molecular weight excluding hydrogens is 422 g/mol. The Morgan fingerprint density at radius 2 is 2.03 bits per heavy atom. The number of aryl methyl sites for hydroxylation is 2. The van der Waals surface area contributed by atoms with Gasteiger partial charge in [0.15, 0.2) is 5.82 Å². The quantitative estimate of drug-likeness (QED) is 0.614. The standard InChI is InChI=1S/C21H22ClN5O2S/c1-4-17-24-25-21-27(17)26-18(13-6-9-15(29-3)10-7-13)19(30-21)20(28)23-14-8-5-12(2)16(22)11-14/h5-11,18-19,26H,4H2,1-3H3,(H,23,28)/t18-,19-/m0/s1. The van der Waals surface area contributed by atoms with Crippen LogP contribution >= 0.6 is 23.4 Å². The molecule has 0 bridgehead atoms. The first-order valence-corrected chi connectivity index (χ1v) is 10.8. The largest absolute Gasteiger partial charge is 0.497 e. The van der Waals surface area contributed by atoms with Gasteiger partial charge in [0.05, 0.1) is 13.2 Å². The fourth-order valence-electron chi connectivity index (χ4n) is 3.27. The second-order valence-electron chi connectivity index (χ2n) is 6.96. The minimum atomic E-state index is -0.458. The van der Waals surface area contributed by atoms with Gasteiger partial charge in [-0.25, -0.2) is 4.68 Å². The van der Waals surface area contributed by atoms with Crippen molar-refractivity contribution in [1.82, 2.24) is 14.9 Å². The summed E-state index contributed by atoms with van der Waals surface area (Å²) >= 11 is 7.61. The Morgan fingerprint density at radius 1 is 1.27 bits per heavy atom. The van der Waals surface area contributed by atoms with Crippen LogP contribution in [0, 0.1) is 6.92 Å². The molecule has 0 saturated heterocycles. The Morgan fingerprint density at radius 3 is 2.70 bits per heavy atom. The van der Waals surface area contributed by atoms with Crippen LogP contribution in [0.1, 0.15) is 29.9 Å². The van der Waals surface area contributed by atoms with Crippen LogP contribution in [-0.2, 0) is 11.2 Å². The number of methoxy groups -OCH3 is 1. The molecule has 0 spiro atoms. The molecule has 7 nitrogen and oxygen atoms in total. The number of anilines is 1. The summed E-state index contributed by atoms with van der Waals surface area (Å²) in [5.41, 5.74) is 6.01. The molecule has 0 radical (unpaired) electrons. The number of halogens is 1. The van der Waals surface area contributed by atoms with E-state index in [4.69, 9.17) is 16.3 Å². The summed E-state index contributed by atoms with van der Waals surface area (Å²) < 4.78 is 7.14. The average molecular weight is 444 g/mol. The lowest BCUT2D eigenvalue weighted by Gasteiger charge is -2.33. The highest BCUT2D eigenvalue weighted by Crippen LogP contribution is 2.38. The summed E-state index contributed by atoms with van der Waals surface area (Å²) in [4.78, 5) is 13.3. The first kappa shape index (κ1) is 20.6. The van der Waals surface area contributed by atoms with Crippen molar-refractivity contribution in [2.75, 3.05) is 17.9 Å². The normalized spacial score (nSPS) is 17.7. The number of thioether (sulfide) groups is 1. The summed E-state index contributed by atoms with van der Waals surface area (Å²) in [5.74, 6) is 1.44. The number of hydrogen-bond acceptors (Lipinski definition) is 6. The first-order chi connectivity index (χ1) is 14.5. The second kappa shape index (κ2) is 8.57. The van der Waals surface area contributed by atoms with E-state index in [0.717, 1.165) is 29.1 Å². The van der Waals surface area contributed by atoms with E-state index in [0.29, 0.717) is 15.9 Å². The van der Waals surface area contributed by atoms with Crippen molar-refractivity contribution in [3.8, 4) is 5.75 Å². The maximum Gasteiger partial charge on any atom is 0.240 e. The molecule has 3 aromatic rings. The SMILES string of the molecule is CCc1nnc2n1N[C@@H](c1ccc(OC)cc1)[C@@H](C(=O)Nc1ccc(C)c(Cl)c1)S2. The lowest BCUT2D eigenvalue weighted by atomic mass is 10.0. The van der Waals surface area contributed by atoms with Crippen LogP contribution in [-0.4, -0.2) is 33.1 Å². The van der Waals surface area contributed by atoms with Gasteiger partial charge >= 0.3 is 0 Å². The molecule has 156 valence electrons. The summed E-state index contributed by atoms with van der Waals surface area (Å²) in [6.07, 6.45) is 0.731. The minimum Gasteiger partial charge on any atom is -0.497 e. The maximum atomic E-state index is 13.3. The van der Waals surface area contributed by atoms with E-state index in [9.17, 15) is 4.79 Å². The zero-order chi connectivity index (χ0) is 21.3. The predicted molar refractivity (Wildman–Crippen MR) is 119 cm³/mol. The molecule has 2 N–H and O–H groups in total. The smallest absolute Gasteiger partial charge is 0.240 e. The molecule has 9 heteroatoms. The number of carbonyl (C=O) groups is 1. The fourth-order valence-corrected chi connectivity index (χ4v) is 4.55. The number of nitrogens with one attached hydrogen (secondary N) is 2. The number of rotatable bonds is 5. The van der Waals surface area contributed by atoms with Crippen LogP contribution in [0.4, 0.5) is 5.69 Å². The van der Waals surface area contributed by atoms with E-state index in [1.807, 2.05) is 54.9 Å². The number of fused-ring (bicyclic) bond motifs is 1. The molecule has 1 aliphatic heterocycles. The number of carbonyl (C=O) groups excluding carboxylic acids is 1. The lowest BCUT2D eigenvalue weighted by Crippen LogP contribution is -2.41. The van der Waals surface area contributed by atoms with E-state index in [1.54, 1.807) is 13.2 Å². The highest BCUT2D eigenvalue weighted by molar-refractivity contribution is 8.00. The number of hydrogen-bond donors (Lipinski definition) is 2. The van der Waals surface area contributed by atoms with E-state index < -0.39 is 5.25 Å². The summed E-state index contributed by atoms with van der Waals surface area (Å²) in [5, 5.41) is 12.3. The monoisotopic (exact) mass is 443 g/mol. The minimum absolute atomic E-state index is 0.138. The topological polar surface area (TPSA) is 81.1 Å². The summed E-state index contributed by atoms with van der Waals surface area (Å²) in [7, 11) is 1.63. The third-order valence-electron chi connectivity index (χ3n) is 4.99. The molecule has 2 atom stereocenters. The van der Waals surface area contributed by atoms with Crippen LogP contribution in [0.2, 0.25) is 5.02 Å². The molecule has 1 aromatic heterocycles. The van der Waals surface area contributed by atoms with E-state index in [2.05, 4.69) is 20.9 Å². The Bertz CT molecular complexity index is 1070. The molecule has 2 aromatic carbocycles. The number of nitrogens with zero attached hydrogens (tertiary/aromatic N) is 3. The van der Waals surface area contributed by atoms with Crippen molar-refractivity contribution in [3.05, 3.63) is 64.4 Å². The van der Waals surface area contributed by atoms with E-state index >= 15 is 0 Å². The van der Waals surface area contributed by atoms with Gasteiger partial charge in [-0.3, -0.25) is 4.79 Å². The first-order valence-electron chi connectivity index (χ1n) is 9.58. The van der Waals surface area contributed by atoms with E-state index in [1.165, 1.54) is 11.8 Å². The van der Waals surface area contributed by atoms with Gasteiger partial charge in [0.2, 0.25) is 11.1 Å². The highest BCUT2D eigenvalue weighted by atomic mass is 35.5. The third kappa shape index (κ3) is 3.97. The van der Waals surface area contributed by atoms with Crippen LogP contribution in [0.25, 0.3) is 0 Å². The average Bonchev–Trinajstić information content (AvgIpc) is 3.17. The van der Waals surface area contributed by atoms with Gasteiger partial charge in [-0.05, 0) is 42.3 Å². The Hall–Kier alpha value is -2.71. The number of amides is 1. The molecule has 1 aliphatic rings. The maximum absolute atomic E-state index is 13.3. The zero-order valence-corrected chi connectivity index (χ0v) is 18.4. The predicted octanol–water partition coefficient (Wildman–Crippen LogP) is 4.21. The molecule has 0 saturated carbocycles. The van der Waals surface area contributed by atoms with Crippen molar-refractivity contribution >= 4 is 35.0 Å². The van der Waals surface area contributed by atoms with Crippen molar-refractivity contribution in [1.29, 1.82) is 0 Å². The Balaban J connectivity index is 1.66. The fraction of sp³-hybridized carbons (Fsp3) is 0.286. The molecule has 30 heavy (non-hydrogen) atoms. The van der Waals surface area contributed by atoms with Crippen molar-refractivity contribution in [3.63, 3.8) is 0 Å². The molecular formula is C21H22ClN5O2S. The van der Waals surface area contributed by atoms with E-state index in [-0.39, 0.29) is 11.9 Å². The van der Waals surface area contributed by atoms with Crippen molar-refractivity contribution < 1.29 is 9.53 Å². The van der Waals surface area contributed by atoms with Gasteiger partial charge in [0.1, 0.15) is 11.0 Å².